The van der Waals surface area contributed by atoms with E-state index < -0.39 is 0 Å². The molecule has 0 aromatic rings. The lowest BCUT2D eigenvalue weighted by atomic mass is 10.0. The predicted octanol–water partition coefficient (Wildman–Crippen LogP) is 1.00. The van der Waals surface area contributed by atoms with Crippen LogP contribution in [0.15, 0.2) is 0 Å². The molecule has 0 radical (unpaired) electrons. The summed E-state index contributed by atoms with van der Waals surface area (Å²) in [5, 5.41) is 3.44. The summed E-state index contributed by atoms with van der Waals surface area (Å²) in [6.45, 7) is 3.62. The van der Waals surface area contributed by atoms with Crippen molar-refractivity contribution in [2.45, 2.75) is 25.8 Å². The van der Waals surface area contributed by atoms with E-state index in [1.54, 1.807) is 0 Å². The van der Waals surface area contributed by atoms with E-state index >= 15 is 0 Å². The first-order valence-electron chi connectivity index (χ1n) is 3.61. The topological polar surface area (TPSA) is 12.0 Å². The van der Waals surface area contributed by atoms with Gasteiger partial charge in [-0.05, 0) is 31.2 Å². The van der Waals surface area contributed by atoms with Gasteiger partial charge in [-0.3, -0.25) is 0 Å². The quantitative estimate of drug-likeness (QED) is 0.532. The zero-order chi connectivity index (χ0) is 5.56. The van der Waals surface area contributed by atoms with Crippen LogP contribution >= 0.6 is 0 Å². The fourth-order valence-electron chi connectivity index (χ4n) is 1.59. The van der Waals surface area contributed by atoms with Crippen molar-refractivity contribution in [3.63, 3.8) is 0 Å². The first kappa shape index (κ1) is 4.80. The normalized spacial score (nSPS) is 52.9. The Bertz CT molecular complexity index is 93.8. The first-order valence-corrected chi connectivity index (χ1v) is 3.61. The molecule has 3 atom stereocenters. The molecule has 46 valence electrons. The molecule has 0 amide bonds. The molecule has 1 nitrogen and oxygen atoms in total. The Hall–Kier alpha value is -0.0400. The van der Waals surface area contributed by atoms with Crippen LogP contribution in [-0.2, 0) is 0 Å². The summed E-state index contributed by atoms with van der Waals surface area (Å²) in [6.07, 6.45) is 2.92. The molecular formula is C7H13N. The summed E-state index contributed by atoms with van der Waals surface area (Å²) in [5.41, 5.74) is 0. The highest BCUT2D eigenvalue weighted by atomic mass is 15.0. The molecule has 1 heterocycles. The van der Waals surface area contributed by atoms with Crippen molar-refractivity contribution >= 4 is 0 Å². The van der Waals surface area contributed by atoms with Crippen molar-refractivity contribution in [2.24, 2.45) is 11.8 Å². The van der Waals surface area contributed by atoms with E-state index in [9.17, 15) is 0 Å². The van der Waals surface area contributed by atoms with Gasteiger partial charge in [-0.15, -0.1) is 0 Å². The maximum absolute atomic E-state index is 3.44. The summed E-state index contributed by atoms with van der Waals surface area (Å²) in [4.78, 5) is 0. The second-order valence-corrected chi connectivity index (χ2v) is 3.23. The predicted molar refractivity (Wildman–Crippen MR) is 33.7 cm³/mol. The molecule has 8 heavy (non-hydrogen) atoms. The molecule has 2 rings (SSSR count). The number of hydrogen-bond acceptors (Lipinski definition) is 1. The lowest BCUT2D eigenvalue weighted by molar-refractivity contribution is 0.324. The van der Waals surface area contributed by atoms with Gasteiger partial charge in [0.1, 0.15) is 0 Å². The van der Waals surface area contributed by atoms with Gasteiger partial charge in [0.25, 0.3) is 0 Å². The van der Waals surface area contributed by atoms with Crippen LogP contribution in [0.4, 0.5) is 0 Å². The third-order valence-electron chi connectivity index (χ3n) is 2.55. The fraction of sp³-hybridized carbons (Fsp3) is 1.00. The molecule has 1 heteroatoms. The smallest absolute Gasteiger partial charge is 0.0110 e. The summed E-state index contributed by atoms with van der Waals surface area (Å²) in [5.74, 6) is 2.09. The monoisotopic (exact) mass is 111 g/mol. The zero-order valence-corrected chi connectivity index (χ0v) is 5.35. The average molecular weight is 111 g/mol. The molecule has 1 aliphatic carbocycles. The number of rotatable bonds is 1. The van der Waals surface area contributed by atoms with Gasteiger partial charge >= 0.3 is 0 Å². The molecule has 1 N–H and O–H groups in total. The Morgan fingerprint density at radius 2 is 2.12 bits per heavy atom. The second-order valence-electron chi connectivity index (χ2n) is 3.23. The van der Waals surface area contributed by atoms with Crippen LogP contribution in [0.3, 0.4) is 0 Å². The van der Waals surface area contributed by atoms with Crippen LogP contribution in [-0.4, -0.2) is 12.6 Å². The minimum Gasteiger partial charge on any atom is -0.314 e. The number of hydrogen-bond donors (Lipinski definition) is 1. The Morgan fingerprint density at radius 1 is 1.50 bits per heavy atom. The Balaban J connectivity index is 1.82. The van der Waals surface area contributed by atoms with Crippen molar-refractivity contribution in [3.8, 4) is 0 Å². The zero-order valence-electron chi connectivity index (χ0n) is 5.35. The van der Waals surface area contributed by atoms with Gasteiger partial charge < -0.3 is 5.32 Å². The van der Waals surface area contributed by atoms with Gasteiger partial charge in [-0.1, -0.05) is 6.92 Å². The van der Waals surface area contributed by atoms with Crippen LogP contribution in [0, 0.1) is 11.8 Å². The van der Waals surface area contributed by atoms with Gasteiger partial charge in [0.15, 0.2) is 0 Å². The van der Waals surface area contributed by atoms with Gasteiger partial charge in [0.2, 0.25) is 0 Å². The van der Waals surface area contributed by atoms with E-state index in [0.29, 0.717) is 0 Å². The third-order valence-corrected chi connectivity index (χ3v) is 2.55. The van der Waals surface area contributed by atoms with Gasteiger partial charge in [-0.2, -0.15) is 0 Å². The molecule has 1 aliphatic heterocycles. The molecule has 3 unspecified atom stereocenters. The molecular weight excluding hydrogens is 98.1 g/mol. The molecule has 1 saturated carbocycles. The van der Waals surface area contributed by atoms with Crippen molar-refractivity contribution in [3.05, 3.63) is 0 Å². The Labute approximate surface area is 50.5 Å². The second kappa shape index (κ2) is 1.47. The lowest BCUT2D eigenvalue weighted by Gasteiger charge is -2.27. The first-order chi connectivity index (χ1) is 3.88. The molecule has 0 aromatic carbocycles. The van der Waals surface area contributed by atoms with Gasteiger partial charge in [-0.25, -0.2) is 0 Å². The summed E-state index contributed by atoms with van der Waals surface area (Å²) in [6, 6.07) is 0.921. The van der Waals surface area contributed by atoms with E-state index in [2.05, 4.69) is 12.2 Å². The van der Waals surface area contributed by atoms with Crippen molar-refractivity contribution in [1.29, 1.82) is 0 Å². The Morgan fingerprint density at radius 3 is 2.25 bits per heavy atom. The standard InChI is InChI=1S/C7H13N/c1-5-4-6(5)7-2-3-8-7/h5-8H,2-4H2,1H3. The highest BCUT2D eigenvalue weighted by Gasteiger charge is 2.41. The van der Waals surface area contributed by atoms with E-state index in [4.69, 9.17) is 0 Å². The van der Waals surface area contributed by atoms with E-state index in [-0.39, 0.29) is 0 Å². The summed E-state index contributed by atoms with van der Waals surface area (Å²) >= 11 is 0. The fourth-order valence-corrected chi connectivity index (χ4v) is 1.59. The highest BCUT2D eigenvalue weighted by Crippen LogP contribution is 2.42. The van der Waals surface area contributed by atoms with Crippen LogP contribution in [0.1, 0.15) is 19.8 Å². The largest absolute Gasteiger partial charge is 0.314 e. The SMILES string of the molecule is CC1CC1C1CCN1. The van der Waals surface area contributed by atoms with E-state index in [0.717, 1.165) is 17.9 Å². The van der Waals surface area contributed by atoms with Gasteiger partial charge in [0.05, 0.1) is 0 Å². The van der Waals surface area contributed by atoms with Crippen molar-refractivity contribution in [1.82, 2.24) is 5.32 Å². The van der Waals surface area contributed by atoms with E-state index in [1.165, 1.54) is 19.4 Å². The van der Waals surface area contributed by atoms with Crippen LogP contribution in [0.2, 0.25) is 0 Å². The van der Waals surface area contributed by atoms with Crippen molar-refractivity contribution < 1.29 is 0 Å². The molecule has 2 aliphatic rings. The average Bonchev–Trinajstić information content (AvgIpc) is 2.13. The molecule has 0 aromatic heterocycles. The lowest BCUT2D eigenvalue weighted by Crippen LogP contribution is -2.44. The number of nitrogens with one attached hydrogen (secondary N) is 1. The summed E-state index contributed by atoms with van der Waals surface area (Å²) < 4.78 is 0. The molecule has 2 fully saturated rings. The van der Waals surface area contributed by atoms with Crippen LogP contribution in [0.5, 0.6) is 0 Å². The highest BCUT2D eigenvalue weighted by molar-refractivity contribution is 4.96. The van der Waals surface area contributed by atoms with Crippen LogP contribution < -0.4 is 5.32 Å². The molecule has 0 spiro atoms. The minimum atomic E-state index is 0.921. The maximum Gasteiger partial charge on any atom is 0.0110 e. The molecule has 0 bridgehead atoms. The van der Waals surface area contributed by atoms with Gasteiger partial charge in [0, 0.05) is 6.04 Å². The minimum absolute atomic E-state index is 0.921. The van der Waals surface area contributed by atoms with E-state index in [1.807, 2.05) is 0 Å². The Kier molecular flexibility index (Phi) is 0.884. The van der Waals surface area contributed by atoms with Crippen molar-refractivity contribution in [2.75, 3.05) is 6.54 Å². The van der Waals surface area contributed by atoms with Crippen LogP contribution in [0.25, 0.3) is 0 Å². The summed E-state index contributed by atoms with van der Waals surface area (Å²) in [7, 11) is 0. The third kappa shape index (κ3) is 0.576. The maximum atomic E-state index is 3.44. The molecule has 1 saturated heterocycles.